The van der Waals surface area contributed by atoms with E-state index in [1.165, 1.54) is 11.3 Å². The highest BCUT2D eigenvalue weighted by Gasteiger charge is 2.26. The summed E-state index contributed by atoms with van der Waals surface area (Å²) in [5.41, 5.74) is 1.91. The standard InChI is InChI=1S/C22H29N5O3S/c1-23-13-16-3-4-17(26-16)14-30-20-18(21-25-5-10-31-21)11-15(12-19(20)24-2)22(28)27-6-8-29-9-7-27/h5,10-12,16-17,23,26H,2-4,6-9,13-14H2,1H3. The van der Waals surface area contributed by atoms with Crippen LogP contribution in [0.25, 0.3) is 10.6 Å². The monoisotopic (exact) mass is 443 g/mol. The van der Waals surface area contributed by atoms with Crippen molar-refractivity contribution in [2.45, 2.75) is 24.9 Å². The number of carbonyl (C=O) groups excluding carboxylic acids is 1. The zero-order chi connectivity index (χ0) is 21.6. The highest BCUT2D eigenvalue weighted by molar-refractivity contribution is 7.13. The maximum absolute atomic E-state index is 13.1. The molecule has 0 spiro atoms. The molecular formula is C22H29N5O3S. The third-order valence-corrected chi connectivity index (χ3v) is 6.47. The number of ether oxygens (including phenoxy) is 2. The molecule has 2 aromatic rings. The quantitative estimate of drug-likeness (QED) is 0.609. The van der Waals surface area contributed by atoms with E-state index in [0.717, 1.165) is 30.0 Å². The largest absolute Gasteiger partial charge is 0.489 e. The Morgan fingerprint density at radius 2 is 2.19 bits per heavy atom. The SMILES string of the molecule is C=Nc1cc(C(=O)N2CCOCC2)cc(-c2nccs2)c1OCC1CCC(CNC)N1. The molecule has 4 rings (SSSR count). The van der Waals surface area contributed by atoms with Crippen LogP contribution in [0.5, 0.6) is 5.75 Å². The topological polar surface area (TPSA) is 88.1 Å². The van der Waals surface area contributed by atoms with Crippen molar-refractivity contribution in [3.8, 4) is 16.3 Å². The summed E-state index contributed by atoms with van der Waals surface area (Å²) in [7, 11) is 1.97. The first-order valence-corrected chi connectivity index (χ1v) is 11.5. The second kappa shape index (κ2) is 10.3. The lowest BCUT2D eigenvalue weighted by Crippen LogP contribution is -2.40. The van der Waals surface area contributed by atoms with Crippen molar-refractivity contribution in [3.05, 3.63) is 29.3 Å². The third-order valence-electron chi connectivity index (χ3n) is 5.66. The van der Waals surface area contributed by atoms with Gasteiger partial charge in [-0.2, -0.15) is 0 Å². The molecule has 2 unspecified atom stereocenters. The number of likely N-dealkylation sites (N-methyl/N-ethyl adjacent to an activating group) is 1. The van der Waals surface area contributed by atoms with E-state index in [1.54, 1.807) is 12.3 Å². The predicted molar refractivity (Wildman–Crippen MR) is 123 cm³/mol. The number of carbonyl (C=O) groups is 1. The number of thiazole rings is 1. The Hall–Kier alpha value is -2.33. The number of nitrogens with zero attached hydrogens (tertiary/aromatic N) is 3. The zero-order valence-electron chi connectivity index (χ0n) is 17.8. The van der Waals surface area contributed by atoms with E-state index >= 15 is 0 Å². The summed E-state index contributed by atoms with van der Waals surface area (Å²) in [4.78, 5) is 23.6. The van der Waals surface area contributed by atoms with Crippen molar-refractivity contribution < 1.29 is 14.3 Å². The maximum atomic E-state index is 13.1. The first-order chi connectivity index (χ1) is 15.2. The summed E-state index contributed by atoms with van der Waals surface area (Å²) < 4.78 is 11.7. The number of aromatic nitrogens is 1. The van der Waals surface area contributed by atoms with E-state index < -0.39 is 0 Å². The van der Waals surface area contributed by atoms with Gasteiger partial charge in [0.05, 0.1) is 18.8 Å². The molecule has 0 aliphatic carbocycles. The first kappa shape index (κ1) is 21.9. The van der Waals surface area contributed by atoms with Gasteiger partial charge in [0.15, 0.2) is 5.75 Å². The number of nitrogens with one attached hydrogen (secondary N) is 2. The molecular weight excluding hydrogens is 414 g/mol. The lowest BCUT2D eigenvalue weighted by Gasteiger charge is -2.27. The lowest BCUT2D eigenvalue weighted by molar-refractivity contribution is 0.0303. The molecule has 2 saturated heterocycles. The normalized spacial score (nSPS) is 21.3. The van der Waals surface area contributed by atoms with Crippen LogP contribution in [0.1, 0.15) is 23.2 Å². The number of hydrogen-bond donors (Lipinski definition) is 2. The minimum absolute atomic E-state index is 0.0371. The molecule has 2 atom stereocenters. The predicted octanol–water partition coefficient (Wildman–Crippen LogP) is 2.33. The van der Waals surface area contributed by atoms with Crippen LogP contribution in [-0.4, -0.2) is 81.1 Å². The molecule has 1 aromatic carbocycles. The molecule has 0 bridgehead atoms. The molecule has 0 radical (unpaired) electrons. The van der Waals surface area contributed by atoms with E-state index in [-0.39, 0.29) is 11.9 Å². The Morgan fingerprint density at radius 1 is 1.39 bits per heavy atom. The number of amides is 1. The highest BCUT2D eigenvalue weighted by Crippen LogP contribution is 2.41. The van der Waals surface area contributed by atoms with E-state index in [1.807, 2.05) is 23.4 Å². The van der Waals surface area contributed by atoms with Crippen molar-refractivity contribution in [1.29, 1.82) is 0 Å². The Balaban J connectivity index is 1.59. The Kier molecular flexibility index (Phi) is 7.29. The second-order valence-corrected chi connectivity index (χ2v) is 8.67. The van der Waals surface area contributed by atoms with E-state index in [2.05, 4.69) is 27.3 Å². The van der Waals surface area contributed by atoms with Crippen LogP contribution in [0.3, 0.4) is 0 Å². The van der Waals surface area contributed by atoms with Gasteiger partial charge in [-0.15, -0.1) is 11.3 Å². The van der Waals surface area contributed by atoms with Gasteiger partial charge in [-0.1, -0.05) is 0 Å². The van der Waals surface area contributed by atoms with Crippen LogP contribution < -0.4 is 15.4 Å². The fraction of sp³-hybridized carbons (Fsp3) is 0.500. The van der Waals surface area contributed by atoms with E-state index in [4.69, 9.17) is 9.47 Å². The number of morpholine rings is 1. The fourth-order valence-corrected chi connectivity index (χ4v) is 4.75. The number of aliphatic imine (C=N–C) groups is 1. The van der Waals surface area contributed by atoms with Crippen LogP contribution >= 0.6 is 11.3 Å². The van der Waals surface area contributed by atoms with Crippen LogP contribution in [0.2, 0.25) is 0 Å². The summed E-state index contributed by atoms with van der Waals surface area (Å²) in [5, 5.41) is 9.53. The molecule has 0 saturated carbocycles. The van der Waals surface area contributed by atoms with Gasteiger partial charge in [-0.25, -0.2) is 4.98 Å². The molecule has 1 amide bonds. The molecule has 2 aliphatic rings. The molecule has 31 heavy (non-hydrogen) atoms. The highest BCUT2D eigenvalue weighted by atomic mass is 32.1. The van der Waals surface area contributed by atoms with Crippen molar-refractivity contribution >= 4 is 29.6 Å². The molecule has 8 nitrogen and oxygen atoms in total. The van der Waals surface area contributed by atoms with Crippen LogP contribution in [0.15, 0.2) is 28.7 Å². The number of rotatable bonds is 8. The second-order valence-electron chi connectivity index (χ2n) is 7.78. The molecule has 166 valence electrons. The van der Waals surface area contributed by atoms with Crippen molar-refractivity contribution in [3.63, 3.8) is 0 Å². The van der Waals surface area contributed by atoms with Gasteiger partial charge in [-0.05, 0) is 38.7 Å². The van der Waals surface area contributed by atoms with Gasteiger partial charge in [0.25, 0.3) is 5.91 Å². The summed E-state index contributed by atoms with van der Waals surface area (Å²) in [6.07, 6.45) is 3.93. The number of hydrogen-bond acceptors (Lipinski definition) is 8. The average molecular weight is 444 g/mol. The Morgan fingerprint density at radius 3 is 2.90 bits per heavy atom. The van der Waals surface area contributed by atoms with Crippen molar-refractivity contribution in [1.82, 2.24) is 20.5 Å². The van der Waals surface area contributed by atoms with Gasteiger partial charge in [0.1, 0.15) is 17.3 Å². The molecule has 9 heteroatoms. The third kappa shape index (κ3) is 5.12. The van der Waals surface area contributed by atoms with E-state index in [9.17, 15) is 4.79 Å². The van der Waals surface area contributed by atoms with Gasteiger partial charge in [0, 0.05) is 48.9 Å². The summed E-state index contributed by atoms with van der Waals surface area (Å²) in [5.74, 6) is 0.590. The minimum Gasteiger partial charge on any atom is -0.489 e. The smallest absolute Gasteiger partial charge is 0.254 e. The Bertz CT molecular complexity index is 899. The molecule has 3 heterocycles. The number of benzene rings is 1. The van der Waals surface area contributed by atoms with Gasteiger partial charge in [0.2, 0.25) is 0 Å². The van der Waals surface area contributed by atoms with E-state index in [0.29, 0.717) is 56.0 Å². The molecule has 2 N–H and O–H groups in total. The van der Waals surface area contributed by atoms with Crippen molar-refractivity contribution in [2.75, 3.05) is 46.5 Å². The summed E-state index contributed by atoms with van der Waals surface area (Å²) >= 11 is 1.51. The Labute approximate surface area is 186 Å². The van der Waals surface area contributed by atoms with Gasteiger partial charge >= 0.3 is 0 Å². The van der Waals surface area contributed by atoms with Crippen molar-refractivity contribution in [2.24, 2.45) is 4.99 Å². The van der Waals surface area contributed by atoms with Gasteiger partial charge in [-0.3, -0.25) is 9.79 Å². The van der Waals surface area contributed by atoms with Crippen LogP contribution in [-0.2, 0) is 4.74 Å². The molecule has 2 fully saturated rings. The summed E-state index contributed by atoms with van der Waals surface area (Å²) in [6, 6.07) is 4.37. The fourth-order valence-electron chi connectivity index (χ4n) is 4.10. The maximum Gasteiger partial charge on any atom is 0.254 e. The first-order valence-electron chi connectivity index (χ1n) is 10.6. The lowest BCUT2D eigenvalue weighted by atomic mass is 10.1. The summed E-state index contributed by atoms with van der Waals surface area (Å²) in [6.45, 7) is 7.48. The van der Waals surface area contributed by atoms with Gasteiger partial charge < -0.3 is 25.0 Å². The molecule has 1 aromatic heterocycles. The van der Waals surface area contributed by atoms with Crippen LogP contribution in [0.4, 0.5) is 5.69 Å². The zero-order valence-corrected chi connectivity index (χ0v) is 18.6. The minimum atomic E-state index is -0.0371. The average Bonchev–Trinajstić information content (AvgIpc) is 3.50. The van der Waals surface area contributed by atoms with Crippen LogP contribution in [0, 0.1) is 0 Å². The molecule has 2 aliphatic heterocycles.